The van der Waals surface area contributed by atoms with Crippen LogP contribution in [0.1, 0.15) is 33.6 Å². The highest BCUT2D eigenvalue weighted by Crippen LogP contribution is 2.32. The summed E-state index contributed by atoms with van der Waals surface area (Å²) >= 11 is 0. The third kappa shape index (κ3) is 3.47. The molecule has 0 spiro atoms. The highest BCUT2D eigenvalue weighted by Gasteiger charge is 2.26. The Morgan fingerprint density at radius 3 is 2.75 bits per heavy atom. The third-order valence-electron chi connectivity index (χ3n) is 4.76. The molecule has 2 aliphatic rings. The van der Waals surface area contributed by atoms with E-state index in [0.29, 0.717) is 17.4 Å². The summed E-state index contributed by atoms with van der Waals surface area (Å²) in [5.74, 6) is 1.31. The minimum absolute atomic E-state index is 0.119. The summed E-state index contributed by atoms with van der Waals surface area (Å²) in [7, 11) is 0. The molecule has 24 heavy (non-hydrogen) atoms. The van der Waals surface area contributed by atoms with Crippen molar-refractivity contribution in [3.8, 4) is 5.75 Å². The molecule has 0 aliphatic carbocycles. The van der Waals surface area contributed by atoms with Crippen molar-refractivity contribution in [1.29, 1.82) is 0 Å². The van der Waals surface area contributed by atoms with Crippen molar-refractivity contribution in [2.75, 3.05) is 23.7 Å². The van der Waals surface area contributed by atoms with Crippen LogP contribution in [-0.4, -0.2) is 41.9 Å². The van der Waals surface area contributed by atoms with Crippen LogP contribution in [0.25, 0.3) is 0 Å². The fourth-order valence-electron chi connectivity index (χ4n) is 3.11. The summed E-state index contributed by atoms with van der Waals surface area (Å²) in [5, 5.41) is 6.05. The quantitative estimate of drug-likeness (QED) is 0.892. The van der Waals surface area contributed by atoms with E-state index in [-0.39, 0.29) is 17.9 Å². The lowest BCUT2D eigenvalue weighted by atomic mass is 9.99. The molecule has 0 radical (unpaired) electrons. The van der Waals surface area contributed by atoms with Crippen LogP contribution < -0.4 is 15.4 Å². The lowest BCUT2D eigenvalue weighted by Gasteiger charge is -2.32. The molecule has 2 heterocycles. The minimum Gasteiger partial charge on any atom is -0.479 e. The molecule has 6 heteroatoms. The number of piperidine rings is 1. The maximum absolute atomic E-state index is 12.6. The minimum atomic E-state index is -0.488. The van der Waals surface area contributed by atoms with E-state index in [2.05, 4.69) is 17.6 Å². The zero-order valence-corrected chi connectivity index (χ0v) is 14.5. The fourth-order valence-corrected chi connectivity index (χ4v) is 3.11. The summed E-state index contributed by atoms with van der Waals surface area (Å²) in [4.78, 5) is 26.2. The molecule has 2 amide bonds. The highest BCUT2D eigenvalue weighted by atomic mass is 16.5. The summed E-state index contributed by atoms with van der Waals surface area (Å²) in [6.45, 7) is 7.48. The number of carbonyl (C=O) groups excluding carboxylic acids is 2. The van der Waals surface area contributed by atoms with Crippen LogP contribution in [0.15, 0.2) is 18.2 Å². The smallest absolute Gasteiger partial charge is 0.265 e. The zero-order valence-electron chi connectivity index (χ0n) is 14.5. The van der Waals surface area contributed by atoms with E-state index >= 15 is 0 Å². The highest BCUT2D eigenvalue weighted by molar-refractivity contribution is 5.98. The molecule has 1 fully saturated rings. The number of hydrogen-bond acceptors (Lipinski definition) is 4. The summed E-state index contributed by atoms with van der Waals surface area (Å²) in [6, 6.07) is 5.18. The summed E-state index contributed by atoms with van der Waals surface area (Å²) < 4.78 is 5.54. The second-order valence-electron chi connectivity index (χ2n) is 6.83. The molecule has 0 bridgehead atoms. The molecule has 2 aliphatic heterocycles. The fraction of sp³-hybridized carbons (Fsp3) is 0.556. The van der Waals surface area contributed by atoms with Gasteiger partial charge in [-0.25, -0.2) is 0 Å². The Morgan fingerprint density at radius 2 is 2.04 bits per heavy atom. The van der Waals surface area contributed by atoms with E-state index in [0.717, 1.165) is 31.6 Å². The van der Waals surface area contributed by atoms with Crippen LogP contribution in [0.4, 0.5) is 11.4 Å². The second-order valence-corrected chi connectivity index (χ2v) is 6.83. The van der Waals surface area contributed by atoms with Crippen molar-refractivity contribution in [3.05, 3.63) is 18.2 Å². The molecule has 2 N–H and O–H groups in total. The van der Waals surface area contributed by atoms with Crippen LogP contribution in [0.5, 0.6) is 5.75 Å². The Hall–Kier alpha value is -2.24. The standard InChI is InChI=1S/C18H25N3O3/c1-11-6-8-21(9-7-11)18(23)12(2)19-14-4-5-16-15(10-14)20-17(22)13(3)24-16/h4-5,10-13,19H,6-9H2,1-3H3,(H,20,22)/t12-,13+/m0/s1. The van der Waals surface area contributed by atoms with Crippen molar-refractivity contribution >= 4 is 23.2 Å². The Labute approximate surface area is 142 Å². The van der Waals surface area contributed by atoms with Crippen molar-refractivity contribution < 1.29 is 14.3 Å². The number of hydrogen-bond donors (Lipinski definition) is 2. The van der Waals surface area contributed by atoms with Crippen molar-refractivity contribution in [2.45, 2.75) is 45.8 Å². The van der Waals surface area contributed by atoms with Gasteiger partial charge in [0.25, 0.3) is 5.91 Å². The van der Waals surface area contributed by atoms with Gasteiger partial charge in [-0.1, -0.05) is 6.92 Å². The Bertz CT molecular complexity index is 638. The van der Waals surface area contributed by atoms with Gasteiger partial charge in [0.05, 0.1) is 5.69 Å². The number of nitrogens with zero attached hydrogens (tertiary/aromatic N) is 1. The van der Waals surface area contributed by atoms with Gasteiger partial charge < -0.3 is 20.3 Å². The summed E-state index contributed by atoms with van der Waals surface area (Å²) in [5.41, 5.74) is 1.42. The van der Waals surface area contributed by atoms with E-state index in [4.69, 9.17) is 4.74 Å². The maximum Gasteiger partial charge on any atom is 0.265 e. The lowest BCUT2D eigenvalue weighted by Crippen LogP contribution is -2.45. The Morgan fingerprint density at radius 1 is 1.33 bits per heavy atom. The molecular formula is C18H25N3O3. The van der Waals surface area contributed by atoms with E-state index in [1.54, 1.807) is 13.0 Å². The van der Waals surface area contributed by atoms with Crippen LogP contribution in [0, 0.1) is 5.92 Å². The topological polar surface area (TPSA) is 70.7 Å². The third-order valence-corrected chi connectivity index (χ3v) is 4.76. The molecule has 3 rings (SSSR count). The van der Waals surface area contributed by atoms with Gasteiger partial charge in [-0.2, -0.15) is 0 Å². The number of rotatable bonds is 3. The number of nitrogens with one attached hydrogen (secondary N) is 2. The number of benzene rings is 1. The van der Waals surface area contributed by atoms with Gasteiger partial charge in [0, 0.05) is 18.8 Å². The van der Waals surface area contributed by atoms with Gasteiger partial charge in [0.2, 0.25) is 5.91 Å². The van der Waals surface area contributed by atoms with Crippen LogP contribution >= 0.6 is 0 Å². The van der Waals surface area contributed by atoms with Gasteiger partial charge in [0.15, 0.2) is 6.10 Å². The van der Waals surface area contributed by atoms with Gasteiger partial charge in [-0.15, -0.1) is 0 Å². The average Bonchev–Trinajstić information content (AvgIpc) is 2.56. The molecule has 6 nitrogen and oxygen atoms in total. The first-order chi connectivity index (χ1) is 11.4. The molecular weight excluding hydrogens is 306 g/mol. The molecule has 1 saturated heterocycles. The zero-order chi connectivity index (χ0) is 17.3. The number of amides is 2. The second kappa shape index (κ2) is 6.71. The Kier molecular flexibility index (Phi) is 4.64. The lowest BCUT2D eigenvalue weighted by molar-refractivity contribution is -0.133. The van der Waals surface area contributed by atoms with E-state index in [9.17, 15) is 9.59 Å². The van der Waals surface area contributed by atoms with Gasteiger partial charge in [-0.3, -0.25) is 9.59 Å². The number of fused-ring (bicyclic) bond motifs is 1. The number of carbonyl (C=O) groups is 2. The maximum atomic E-state index is 12.6. The molecule has 0 aromatic heterocycles. The van der Waals surface area contributed by atoms with E-state index in [1.165, 1.54) is 0 Å². The molecule has 1 aromatic rings. The first kappa shape index (κ1) is 16.6. The van der Waals surface area contributed by atoms with Crippen LogP contribution in [-0.2, 0) is 9.59 Å². The SMILES string of the molecule is CC1CCN(C(=O)[C@H](C)Nc2ccc3c(c2)NC(=O)[C@@H](C)O3)CC1. The molecule has 1 aromatic carbocycles. The monoisotopic (exact) mass is 331 g/mol. The molecule has 2 atom stereocenters. The van der Waals surface area contributed by atoms with E-state index < -0.39 is 6.10 Å². The van der Waals surface area contributed by atoms with Crippen molar-refractivity contribution in [2.24, 2.45) is 5.92 Å². The normalized spacial score (nSPS) is 22.2. The average molecular weight is 331 g/mol. The van der Waals surface area contributed by atoms with Gasteiger partial charge in [-0.05, 0) is 50.8 Å². The first-order valence-corrected chi connectivity index (χ1v) is 8.61. The number of likely N-dealkylation sites (tertiary alicyclic amines) is 1. The van der Waals surface area contributed by atoms with Crippen molar-refractivity contribution in [1.82, 2.24) is 4.90 Å². The van der Waals surface area contributed by atoms with Crippen LogP contribution in [0.3, 0.4) is 0 Å². The number of ether oxygens (including phenoxy) is 1. The van der Waals surface area contributed by atoms with Gasteiger partial charge >= 0.3 is 0 Å². The van der Waals surface area contributed by atoms with E-state index in [1.807, 2.05) is 24.0 Å². The predicted molar refractivity (Wildman–Crippen MR) is 93.2 cm³/mol. The molecule has 0 unspecified atom stereocenters. The largest absolute Gasteiger partial charge is 0.479 e. The first-order valence-electron chi connectivity index (χ1n) is 8.61. The van der Waals surface area contributed by atoms with Gasteiger partial charge in [0.1, 0.15) is 11.8 Å². The van der Waals surface area contributed by atoms with Crippen molar-refractivity contribution in [3.63, 3.8) is 0 Å². The number of anilines is 2. The Balaban J connectivity index is 1.64. The summed E-state index contributed by atoms with van der Waals surface area (Å²) in [6.07, 6.45) is 1.65. The van der Waals surface area contributed by atoms with Crippen LogP contribution in [0.2, 0.25) is 0 Å². The molecule has 0 saturated carbocycles. The predicted octanol–water partition coefficient (Wildman–Crippen LogP) is 2.46. The molecule has 130 valence electrons.